The van der Waals surface area contributed by atoms with E-state index in [4.69, 9.17) is 5.73 Å². The highest BCUT2D eigenvalue weighted by Gasteiger charge is 2.18. The molecule has 0 bridgehead atoms. The molecule has 0 aromatic heterocycles. The summed E-state index contributed by atoms with van der Waals surface area (Å²) in [5, 5.41) is 0. The maximum atomic E-state index is 5.82. The van der Waals surface area contributed by atoms with E-state index < -0.39 is 0 Å². The molecule has 0 aromatic rings. The van der Waals surface area contributed by atoms with E-state index in [-0.39, 0.29) is 0 Å². The number of hydrogen-bond acceptors (Lipinski definition) is 1. The SMILES string of the molecule is C[C](C)CC1CCC(N)CC1. The van der Waals surface area contributed by atoms with E-state index in [0.717, 1.165) is 5.92 Å². The van der Waals surface area contributed by atoms with Gasteiger partial charge in [-0.15, -0.1) is 0 Å². The zero-order valence-corrected chi connectivity index (χ0v) is 7.77. The molecule has 0 aliphatic heterocycles. The van der Waals surface area contributed by atoms with Crippen LogP contribution in [-0.2, 0) is 0 Å². The number of hydrogen-bond donors (Lipinski definition) is 1. The van der Waals surface area contributed by atoms with Crippen LogP contribution in [0.3, 0.4) is 0 Å². The van der Waals surface area contributed by atoms with E-state index in [0.29, 0.717) is 6.04 Å². The molecular formula is C10H20N. The summed E-state index contributed by atoms with van der Waals surface area (Å²) in [7, 11) is 0. The van der Waals surface area contributed by atoms with Crippen molar-refractivity contribution in [3.63, 3.8) is 0 Å². The van der Waals surface area contributed by atoms with Gasteiger partial charge in [0, 0.05) is 6.04 Å². The summed E-state index contributed by atoms with van der Waals surface area (Å²) >= 11 is 0. The molecule has 1 heteroatoms. The molecule has 0 unspecified atom stereocenters. The van der Waals surface area contributed by atoms with Crippen molar-refractivity contribution in [3.05, 3.63) is 5.92 Å². The molecule has 1 radical (unpaired) electrons. The normalized spacial score (nSPS) is 32.7. The average molecular weight is 154 g/mol. The van der Waals surface area contributed by atoms with Gasteiger partial charge in [0.2, 0.25) is 0 Å². The first-order valence-corrected chi connectivity index (χ1v) is 4.73. The van der Waals surface area contributed by atoms with Gasteiger partial charge in [-0.05, 0) is 43.9 Å². The zero-order valence-electron chi connectivity index (χ0n) is 7.77. The van der Waals surface area contributed by atoms with Crippen LogP contribution in [0.15, 0.2) is 0 Å². The lowest BCUT2D eigenvalue weighted by molar-refractivity contribution is 0.316. The van der Waals surface area contributed by atoms with E-state index in [1.54, 1.807) is 5.92 Å². The summed E-state index contributed by atoms with van der Waals surface area (Å²) in [5.41, 5.74) is 5.82. The van der Waals surface area contributed by atoms with Crippen molar-refractivity contribution in [2.45, 2.75) is 52.0 Å². The highest BCUT2D eigenvalue weighted by atomic mass is 14.6. The first kappa shape index (κ1) is 9.05. The molecule has 2 N–H and O–H groups in total. The minimum Gasteiger partial charge on any atom is -0.328 e. The summed E-state index contributed by atoms with van der Waals surface area (Å²) < 4.78 is 0. The Balaban J connectivity index is 2.17. The lowest BCUT2D eigenvalue weighted by Crippen LogP contribution is -2.26. The standard InChI is InChI=1S/C10H20N/c1-8(2)7-9-3-5-10(11)6-4-9/h9-10H,3-7,11H2,1-2H3. The van der Waals surface area contributed by atoms with Crippen molar-refractivity contribution >= 4 is 0 Å². The van der Waals surface area contributed by atoms with Gasteiger partial charge in [0.15, 0.2) is 0 Å². The highest BCUT2D eigenvalue weighted by molar-refractivity contribution is 4.84. The lowest BCUT2D eigenvalue weighted by atomic mass is 9.82. The Hall–Kier alpha value is -0.0400. The monoisotopic (exact) mass is 154 g/mol. The molecule has 0 spiro atoms. The van der Waals surface area contributed by atoms with Crippen LogP contribution in [-0.4, -0.2) is 6.04 Å². The van der Waals surface area contributed by atoms with Gasteiger partial charge in [0.25, 0.3) is 0 Å². The van der Waals surface area contributed by atoms with Crippen molar-refractivity contribution in [1.29, 1.82) is 0 Å². The van der Waals surface area contributed by atoms with E-state index in [9.17, 15) is 0 Å². The maximum absolute atomic E-state index is 5.82. The van der Waals surface area contributed by atoms with Crippen molar-refractivity contribution in [3.8, 4) is 0 Å². The van der Waals surface area contributed by atoms with E-state index in [2.05, 4.69) is 13.8 Å². The number of rotatable bonds is 2. The van der Waals surface area contributed by atoms with Gasteiger partial charge >= 0.3 is 0 Å². The lowest BCUT2D eigenvalue weighted by Gasteiger charge is -2.26. The summed E-state index contributed by atoms with van der Waals surface area (Å²) in [6.07, 6.45) is 6.53. The van der Waals surface area contributed by atoms with Gasteiger partial charge in [0.1, 0.15) is 0 Å². The Kier molecular flexibility index (Phi) is 3.38. The summed E-state index contributed by atoms with van der Waals surface area (Å²) in [4.78, 5) is 0. The van der Waals surface area contributed by atoms with Crippen LogP contribution < -0.4 is 5.73 Å². The average Bonchev–Trinajstić information content (AvgIpc) is 1.93. The van der Waals surface area contributed by atoms with Gasteiger partial charge in [-0.1, -0.05) is 13.8 Å². The highest BCUT2D eigenvalue weighted by Crippen LogP contribution is 2.28. The summed E-state index contributed by atoms with van der Waals surface area (Å²) in [5.74, 6) is 2.52. The quantitative estimate of drug-likeness (QED) is 0.649. The fraction of sp³-hybridized carbons (Fsp3) is 0.900. The molecule has 1 fully saturated rings. The van der Waals surface area contributed by atoms with Crippen molar-refractivity contribution in [1.82, 2.24) is 0 Å². The van der Waals surface area contributed by atoms with Gasteiger partial charge < -0.3 is 5.73 Å². The molecule has 0 amide bonds. The molecule has 1 aliphatic carbocycles. The first-order valence-electron chi connectivity index (χ1n) is 4.73. The molecule has 65 valence electrons. The predicted molar refractivity (Wildman–Crippen MR) is 49.1 cm³/mol. The third-order valence-electron chi connectivity index (χ3n) is 2.59. The second-order valence-corrected chi connectivity index (χ2v) is 4.19. The Labute approximate surface area is 70.4 Å². The third kappa shape index (κ3) is 3.24. The van der Waals surface area contributed by atoms with Crippen LogP contribution >= 0.6 is 0 Å². The zero-order chi connectivity index (χ0) is 8.27. The van der Waals surface area contributed by atoms with Crippen molar-refractivity contribution < 1.29 is 0 Å². The smallest absolute Gasteiger partial charge is 0.00390 e. The van der Waals surface area contributed by atoms with Gasteiger partial charge in [-0.2, -0.15) is 0 Å². The molecule has 1 rings (SSSR count). The Morgan fingerprint density at radius 1 is 1.18 bits per heavy atom. The fourth-order valence-corrected chi connectivity index (χ4v) is 1.97. The minimum absolute atomic E-state index is 0.503. The van der Waals surface area contributed by atoms with E-state index in [1.807, 2.05) is 0 Å². The molecule has 0 aromatic carbocycles. The molecule has 1 nitrogen and oxygen atoms in total. The Morgan fingerprint density at radius 2 is 1.73 bits per heavy atom. The molecule has 0 heterocycles. The van der Waals surface area contributed by atoms with Gasteiger partial charge in [-0.3, -0.25) is 0 Å². The van der Waals surface area contributed by atoms with Crippen LogP contribution in [0.1, 0.15) is 46.0 Å². The minimum atomic E-state index is 0.503. The molecular weight excluding hydrogens is 134 g/mol. The molecule has 1 saturated carbocycles. The van der Waals surface area contributed by atoms with Crippen LogP contribution in [0.4, 0.5) is 0 Å². The topological polar surface area (TPSA) is 26.0 Å². The van der Waals surface area contributed by atoms with Crippen LogP contribution in [0.2, 0.25) is 0 Å². The molecule has 1 aliphatic rings. The second-order valence-electron chi connectivity index (χ2n) is 4.19. The van der Waals surface area contributed by atoms with E-state index in [1.165, 1.54) is 32.1 Å². The van der Waals surface area contributed by atoms with Crippen LogP contribution in [0, 0.1) is 11.8 Å². The Bertz CT molecular complexity index is 101. The number of nitrogens with two attached hydrogens (primary N) is 1. The Morgan fingerprint density at radius 3 is 2.18 bits per heavy atom. The predicted octanol–water partition coefficient (Wildman–Crippen LogP) is 2.51. The second kappa shape index (κ2) is 4.10. The van der Waals surface area contributed by atoms with E-state index >= 15 is 0 Å². The third-order valence-corrected chi connectivity index (χ3v) is 2.59. The molecule has 11 heavy (non-hydrogen) atoms. The van der Waals surface area contributed by atoms with Gasteiger partial charge in [-0.25, -0.2) is 0 Å². The molecule has 0 atom stereocenters. The largest absolute Gasteiger partial charge is 0.328 e. The van der Waals surface area contributed by atoms with Gasteiger partial charge in [0.05, 0.1) is 0 Å². The maximum Gasteiger partial charge on any atom is 0.00390 e. The summed E-state index contributed by atoms with van der Waals surface area (Å²) in [6.45, 7) is 4.46. The van der Waals surface area contributed by atoms with Crippen LogP contribution in [0.5, 0.6) is 0 Å². The fourth-order valence-electron chi connectivity index (χ4n) is 1.97. The first-order chi connectivity index (χ1) is 5.18. The van der Waals surface area contributed by atoms with Crippen molar-refractivity contribution in [2.24, 2.45) is 11.7 Å². The van der Waals surface area contributed by atoms with Crippen molar-refractivity contribution in [2.75, 3.05) is 0 Å². The molecule has 0 saturated heterocycles. The van der Waals surface area contributed by atoms with Crippen LogP contribution in [0.25, 0.3) is 0 Å². The summed E-state index contributed by atoms with van der Waals surface area (Å²) in [6, 6.07) is 0.503.